The minimum absolute atomic E-state index is 0.0393. The molecule has 0 spiro atoms. The first kappa shape index (κ1) is 16.0. The molecule has 0 aliphatic rings. The summed E-state index contributed by atoms with van der Waals surface area (Å²) in [7, 11) is 1.54. The van der Waals surface area contributed by atoms with E-state index in [1.54, 1.807) is 14.0 Å². The van der Waals surface area contributed by atoms with Crippen molar-refractivity contribution in [1.29, 1.82) is 0 Å². The number of nitrogens with zero attached hydrogens (tertiary/aromatic N) is 4. The number of halogens is 3. The Morgan fingerprint density at radius 2 is 2.12 bits per heavy atom. The van der Waals surface area contributed by atoms with Gasteiger partial charge in [-0.25, -0.2) is 15.0 Å². The van der Waals surface area contributed by atoms with Crippen LogP contribution >= 0.6 is 0 Å². The van der Waals surface area contributed by atoms with E-state index in [1.807, 2.05) is 0 Å². The molecule has 0 fully saturated rings. The molecule has 24 heavy (non-hydrogen) atoms. The summed E-state index contributed by atoms with van der Waals surface area (Å²) in [5, 5.41) is 0. The highest BCUT2D eigenvalue weighted by Gasteiger charge is 2.35. The number of hydrogen-bond acceptors (Lipinski definition) is 5. The number of carbonyl (C=O) groups is 1. The summed E-state index contributed by atoms with van der Waals surface area (Å²) >= 11 is 0. The van der Waals surface area contributed by atoms with Gasteiger partial charge in [0.25, 0.3) is 5.91 Å². The van der Waals surface area contributed by atoms with Crippen LogP contribution in [0.25, 0.3) is 11.2 Å². The number of aromatic nitrogens is 4. The van der Waals surface area contributed by atoms with Gasteiger partial charge in [0, 0.05) is 13.2 Å². The van der Waals surface area contributed by atoms with Crippen molar-refractivity contribution in [3.63, 3.8) is 0 Å². The highest BCUT2D eigenvalue weighted by Crippen LogP contribution is 2.28. The van der Waals surface area contributed by atoms with E-state index in [-0.39, 0.29) is 23.3 Å². The van der Waals surface area contributed by atoms with Crippen LogP contribution in [0.1, 0.15) is 27.6 Å². The fourth-order valence-corrected chi connectivity index (χ4v) is 2.14. The standard InChI is InChI=1S/C14H12F3N5O2/c1-7-10(24-6-19-7)5-22(2)12(23)8-3-9-11(18-4-8)21-13(20-9)14(15,16)17/h3-4,6H,5H2,1-2H3,(H,18,20,21). The van der Waals surface area contributed by atoms with Crippen LogP contribution in [0.3, 0.4) is 0 Å². The lowest BCUT2D eigenvalue weighted by atomic mass is 10.2. The van der Waals surface area contributed by atoms with Gasteiger partial charge in [0.2, 0.25) is 5.82 Å². The van der Waals surface area contributed by atoms with Gasteiger partial charge >= 0.3 is 6.18 Å². The number of amides is 1. The lowest BCUT2D eigenvalue weighted by Crippen LogP contribution is -2.26. The molecule has 3 aromatic heterocycles. The largest absolute Gasteiger partial charge is 0.449 e. The second kappa shape index (κ2) is 5.62. The normalized spacial score (nSPS) is 11.9. The molecular weight excluding hydrogens is 327 g/mol. The lowest BCUT2D eigenvalue weighted by Gasteiger charge is -2.15. The second-order valence-corrected chi connectivity index (χ2v) is 5.20. The average molecular weight is 339 g/mol. The van der Waals surface area contributed by atoms with E-state index in [1.165, 1.54) is 23.6 Å². The van der Waals surface area contributed by atoms with Gasteiger partial charge in [-0.05, 0) is 13.0 Å². The van der Waals surface area contributed by atoms with Gasteiger partial charge in [-0.3, -0.25) is 4.79 Å². The molecule has 0 radical (unpaired) electrons. The molecule has 0 aliphatic carbocycles. The van der Waals surface area contributed by atoms with Gasteiger partial charge in [-0.15, -0.1) is 0 Å². The Hall–Kier alpha value is -2.91. The van der Waals surface area contributed by atoms with E-state index in [0.29, 0.717) is 11.5 Å². The maximum Gasteiger partial charge on any atom is 0.449 e. The fraction of sp³-hybridized carbons (Fsp3) is 0.286. The predicted octanol–water partition coefficient (Wildman–Crippen LogP) is 2.55. The minimum Gasteiger partial charge on any atom is -0.446 e. The molecule has 3 aromatic rings. The second-order valence-electron chi connectivity index (χ2n) is 5.20. The van der Waals surface area contributed by atoms with Crippen molar-refractivity contribution in [1.82, 2.24) is 24.8 Å². The Morgan fingerprint density at radius 1 is 1.38 bits per heavy atom. The summed E-state index contributed by atoms with van der Waals surface area (Å²) in [4.78, 5) is 27.0. The number of hydrogen-bond donors (Lipinski definition) is 1. The Balaban J connectivity index is 1.85. The van der Waals surface area contributed by atoms with E-state index in [4.69, 9.17) is 4.42 Å². The molecule has 1 amide bonds. The molecule has 0 saturated carbocycles. The number of nitrogens with one attached hydrogen (secondary N) is 1. The van der Waals surface area contributed by atoms with Gasteiger partial charge in [0.05, 0.1) is 23.3 Å². The lowest BCUT2D eigenvalue weighted by molar-refractivity contribution is -0.144. The molecular formula is C14H12F3N5O2. The van der Waals surface area contributed by atoms with Crippen molar-refractivity contribution in [3.05, 3.63) is 41.5 Å². The number of oxazole rings is 1. The van der Waals surface area contributed by atoms with Crippen LogP contribution in [0.5, 0.6) is 0 Å². The van der Waals surface area contributed by atoms with E-state index in [9.17, 15) is 18.0 Å². The summed E-state index contributed by atoms with van der Waals surface area (Å²) in [6.07, 6.45) is -2.14. The van der Waals surface area contributed by atoms with Crippen LogP contribution in [-0.2, 0) is 12.7 Å². The summed E-state index contributed by atoms with van der Waals surface area (Å²) < 4.78 is 43.1. The first-order chi connectivity index (χ1) is 11.3. The van der Waals surface area contributed by atoms with Gasteiger partial charge < -0.3 is 14.3 Å². The third-order valence-electron chi connectivity index (χ3n) is 3.43. The number of pyridine rings is 1. The number of aromatic amines is 1. The third kappa shape index (κ3) is 2.94. The molecule has 0 saturated heterocycles. The smallest absolute Gasteiger partial charge is 0.446 e. The molecule has 0 aliphatic heterocycles. The van der Waals surface area contributed by atoms with Gasteiger partial charge in [0.15, 0.2) is 12.0 Å². The maximum absolute atomic E-state index is 12.6. The minimum atomic E-state index is -4.61. The van der Waals surface area contributed by atoms with E-state index in [2.05, 4.69) is 19.9 Å². The van der Waals surface area contributed by atoms with Crippen LogP contribution in [0, 0.1) is 6.92 Å². The molecule has 3 rings (SSSR count). The number of imidazole rings is 1. The van der Waals surface area contributed by atoms with Crippen molar-refractivity contribution >= 4 is 17.1 Å². The van der Waals surface area contributed by atoms with Crippen molar-refractivity contribution in [2.45, 2.75) is 19.6 Å². The van der Waals surface area contributed by atoms with Crippen molar-refractivity contribution in [2.24, 2.45) is 0 Å². The number of fused-ring (bicyclic) bond motifs is 1. The highest BCUT2D eigenvalue weighted by molar-refractivity contribution is 5.96. The zero-order chi connectivity index (χ0) is 17.5. The van der Waals surface area contributed by atoms with Crippen LogP contribution in [0.15, 0.2) is 23.1 Å². The first-order valence-electron chi connectivity index (χ1n) is 6.83. The van der Waals surface area contributed by atoms with E-state index in [0.717, 1.165) is 0 Å². The van der Waals surface area contributed by atoms with Crippen molar-refractivity contribution in [3.8, 4) is 0 Å². The van der Waals surface area contributed by atoms with Crippen LogP contribution < -0.4 is 0 Å². The first-order valence-corrected chi connectivity index (χ1v) is 6.83. The fourth-order valence-electron chi connectivity index (χ4n) is 2.14. The molecule has 1 N–H and O–H groups in total. The molecule has 0 aromatic carbocycles. The van der Waals surface area contributed by atoms with Crippen molar-refractivity contribution in [2.75, 3.05) is 7.05 Å². The van der Waals surface area contributed by atoms with E-state index < -0.39 is 17.9 Å². The Morgan fingerprint density at radius 3 is 2.75 bits per heavy atom. The quantitative estimate of drug-likeness (QED) is 0.792. The summed E-state index contributed by atoms with van der Waals surface area (Å²) in [6, 6.07) is 1.29. The van der Waals surface area contributed by atoms with Crippen LogP contribution in [0.2, 0.25) is 0 Å². The Labute approximate surface area is 133 Å². The average Bonchev–Trinajstić information content (AvgIpc) is 3.12. The zero-order valence-corrected chi connectivity index (χ0v) is 12.7. The molecule has 0 unspecified atom stereocenters. The third-order valence-corrected chi connectivity index (χ3v) is 3.43. The zero-order valence-electron chi connectivity index (χ0n) is 12.7. The summed E-state index contributed by atoms with van der Waals surface area (Å²) in [6.45, 7) is 1.92. The molecule has 0 bridgehead atoms. The number of rotatable bonds is 3. The van der Waals surface area contributed by atoms with Gasteiger partial charge in [0.1, 0.15) is 5.76 Å². The van der Waals surface area contributed by atoms with E-state index >= 15 is 0 Å². The summed E-state index contributed by atoms with van der Waals surface area (Å²) in [5.41, 5.74) is 0.733. The topological polar surface area (TPSA) is 87.9 Å². The van der Waals surface area contributed by atoms with Crippen molar-refractivity contribution < 1.29 is 22.4 Å². The van der Waals surface area contributed by atoms with Crippen LogP contribution in [0.4, 0.5) is 13.2 Å². The number of aryl methyl sites for hydroxylation is 1. The molecule has 0 atom stereocenters. The molecule has 3 heterocycles. The SMILES string of the molecule is Cc1ncoc1CN(C)C(=O)c1cnc2nc(C(F)(F)F)[nH]c2c1. The monoisotopic (exact) mass is 339 g/mol. The maximum atomic E-state index is 12.6. The van der Waals surface area contributed by atoms with Crippen LogP contribution in [-0.4, -0.2) is 37.8 Å². The Kier molecular flexibility index (Phi) is 3.74. The van der Waals surface area contributed by atoms with Gasteiger partial charge in [-0.1, -0.05) is 0 Å². The number of carbonyl (C=O) groups excluding carboxylic acids is 1. The molecule has 126 valence electrons. The predicted molar refractivity (Wildman–Crippen MR) is 75.9 cm³/mol. The molecule has 10 heteroatoms. The highest BCUT2D eigenvalue weighted by atomic mass is 19.4. The summed E-state index contributed by atoms with van der Waals surface area (Å²) in [5.74, 6) is -1.04. The van der Waals surface area contributed by atoms with Gasteiger partial charge in [-0.2, -0.15) is 13.2 Å². The Bertz CT molecular complexity index is 899. The number of H-pyrrole nitrogens is 1. The number of alkyl halides is 3. The molecule has 7 nitrogen and oxygen atoms in total.